The summed E-state index contributed by atoms with van der Waals surface area (Å²) in [6.45, 7) is -2.99. The number of thiazole rings is 1. The molecule has 0 fully saturated rings. The third kappa shape index (κ3) is 4.28. The summed E-state index contributed by atoms with van der Waals surface area (Å²) in [4.78, 5) is 21.6. The molecule has 1 N–H and O–H groups in total. The maximum atomic E-state index is 13.7. The second-order valence-corrected chi connectivity index (χ2v) is 8.76. The smallest absolute Gasteiger partial charge is 0.433 e. The molecule has 4 aromatic heterocycles. The number of nitrogens with one attached hydrogen (secondary N) is 1. The van der Waals surface area contributed by atoms with Crippen LogP contribution in [0, 0.1) is 0 Å². The van der Waals surface area contributed by atoms with Crippen molar-refractivity contribution in [3.63, 3.8) is 0 Å². The maximum absolute atomic E-state index is 13.7. The Morgan fingerprint density at radius 1 is 1.12 bits per heavy atom. The number of benzene rings is 1. The van der Waals surface area contributed by atoms with Crippen molar-refractivity contribution in [2.45, 2.75) is 12.8 Å². The molecule has 0 atom stereocenters. The van der Waals surface area contributed by atoms with Crippen LogP contribution in [-0.2, 0) is 6.18 Å². The number of rotatable bonds is 5. The Kier molecular flexibility index (Phi) is 5.40. The molecule has 0 spiro atoms. The molecular weight excluding hydrogens is 501 g/mol. The third-order valence-electron chi connectivity index (χ3n) is 4.53. The summed E-state index contributed by atoms with van der Waals surface area (Å²) in [7, 11) is 0. The van der Waals surface area contributed by atoms with Gasteiger partial charge in [0.25, 0.3) is 5.91 Å². The van der Waals surface area contributed by atoms with Crippen molar-refractivity contribution in [1.82, 2.24) is 19.6 Å². The average Bonchev–Trinajstić information content (AvgIpc) is 3.50. The van der Waals surface area contributed by atoms with E-state index in [0.29, 0.717) is 19.6 Å². The summed E-state index contributed by atoms with van der Waals surface area (Å²) in [5.74, 6) is -0.879. The van der Waals surface area contributed by atoms with Crippen molar-refractivity contribution < 1.29 is 31.5 Å². The second kappa shape index (κ2) is 8.29. The number of anilines is 1. The first-order valence-electron chi connectivity index (χ1n) is 9.36. The zero-order chi connectivity index (χ0) is 24.0. The summed E-state index contributed by atoms with van der Waals surface area (Å²) in [5.41, 5.74) is -1.01. The van der Waals surface area contributed by atoms with E-state index in [9.17, 15) is 26.7 Å². The van der Waals surface area contributed by atoms with Crippen LogP contribution >= 0.6 is 22.7 Å². The summed E-state index contributed by atoms with van der Waals surface area (Å²) in [5, 5.41) is 8.08. The van der Waals surface area contributed by atoms with Gasteiger partial charge in [-0.2, -0.15) is 27.1 Å². The van der Waals surface area contributed by atoms with E-state index in [1.54, 1.807) is 17.5 Å². The lowest BCUT2D eigenvalue weighted by atomic mass is 10.2. The molecule has 0 saturated heterocycles. The molecule has 0 aliphatic rings. The van der Waals surface area contributed by atoms with Crippen LogP contribution in [0.1, 0.15) is 16.2 Å². The number of carbonyl (C=O) groups is 1. The van der Waals surface area contributed by atoms with Crippen LogP contribution in [0.25, 0.3) is 26.4 Å². The Bertz CT molecular complexity index is 1510. The molecule has 0 unspecified atom stereocenters. The average molecular weight is 511 g/mol. The zero-order valence-electron chi connectivity index (χ0n) is 16.5. The summed E-state index contributed by atoms with van der Waals surface area (Å²) < 4.78 is 71.2. The van der Waals surface area contributed by atoms with Gasteiger partial charge in [0.15, 0.2) is 22.2 Å². The molecule has 174 valence electrons. The zero-order valence-corrected chi connectivity index (χ0v) is 18.1. The number of hydrogen-bond acceptors (Lipinski definition) is 7. The van der Waals surface area contributed by atoms with E-state index >= 15 is 0 Å². The lowest BCUT2D eigenvalue weighted by molar-refractivity contribution is -0.142. The number of fused-ring (bicyclic) bond motifs is 2. The molecule has 0 aliphatic carbocycles. The number of nitrogens with zero attached hydrogens (tertiary/aromatic N) is 4. The Morgan fingerprint density at radius 3 is 2.65 bits per heavy atom. The number of hydrogen-bond donors (Lipinski definition) is 1. The Morgan fingerprint density at radius 2 is 1.94 bits per heavy atom. The molecule has 0 saturated carbocycles. The monoisotopic (exact) mass is 511 g/mol. The second-order valence-electron chi connectivity index (χ2n) is 6.78. The standard InChI is InChI=1S/C20H10F5N5O2S2/c21-18(22)32-9-3-4-10-14(6-9)34-19(27-10)28-17(31)12-8-16-26-11(13-2-1-5-33-13)7-15(20(23,24)25)30(16)29-12/h1-8,18H,(H,27,28,31). The van der Waals surface area contributed by atoms with E-state index < -0.39 is 24.4 Å². The SMILES string of the molecule is O=C(Nc1nc2ccc(OC(F)F)cc2s1)c1cc2nc(-c3cccs3)cc(C(F)(F)F)n2n1. The van der Waals surface area contributed by atoms with Crippen LogP contribution in [0.15, 0.2) is 47.8 Å². The van der Waals surface area contributed by atoms with Gasteiger partial charge in [0.2, 0.25) is 0 Å². The number of amides is 1. The number of ether oxygens (including phenoxy) is 1. The number of thiophene rings is 1. The van der Waals surface area contributed by atoms with Gasteiger partial charge in [-0.3, -0.25) is 10.1 Å². The van der Waals surface area contributed by atoms with Crippen LogP contribution in [0.5, 0.6) is 5.75 Å². The van der Waals surface area contributed by atoms with Gasteiger partial charge in [0, 0.05) is 6.07 Å². The molecule has 1 amide bonds. The largest absolute Gasteiger partial charge is 0.435 e. The van der Waals surface area contributed by atoms with Crippen LogP contribution in [0.3, 0.4) is 0 Å². The molecule has 1 aromatic carbocycles. The number of halogens is 5. The normalized spacial score (nSPS) is 12.1. The Labute approximate surface area is 194 Å². The van der Waals surface area contributed by atoms with E-state index in [1.165, 1.54) is 29.5 Å². The molecule has 4 heterocycles. The van der Waals surface area contributed by atoms with E-state index in [1.807, 2.05) is 0 Å². The van der Waals surface area contributed by atoms with Gasteiger partial charge >= 0.3 is 12.8 Å². The highest BCUT2D eigenvalue weighted by Gasteiger charge is 2.35. The van der Waals surface area contributed by atoms with E-state index in [4.69, 9.17) is 0 Å². The van der Waals surface area contributed by atoms with E-state index in [-0.39, 0.29) is 27.9 Å². The molecule has 34 heavy (non-hydrogen) atoms. The first-order chi connectivity index (χ1) is 16.2. The molecule has 7 nitrogen and oxygen atoms in total. The summed E-state index contributed by atoms with van der Waals surface area (Å²) in [6.07, 6.45) is -4.74. The van der Waals surface area contributed by atoms with Crippen molar-refractivity contribution in [2.24, 2.45) is 0 Å². The minimum Gasteiger partial charge on any atom is -0.435 e. The lowest BCUT2D eigenvalue weighted by Crippen LogP contribution is -2.15. The van der Waals surface area contributed by atoms with E-state index in [2.05, 4.69) is 25.1 Å². The van der Waals surface area contributed by atoms with Gasteiger partial charge in [-0.05, 0) is 35.7 Å². The predicted octanol–water partition coefficient (Wildman–Crippen LogP) is 5.94. The van der Waals surface area contributed by atoms with Gasteiger partial charge in [-0.15, -0.1) is 11.3 Å². The molecule has 0 bridgehead atoms. The summed E-state index contributed by atoms with van der Waals surface area (Å²) in [6, 6.07) is 9.43. The highest BCUT2D eigenvalue weighted by Crippen LogP contribution is 2.34. The van der Waals surface area contributed by atoms with Gasteiger partial charge < -0.3 is 4.74 Å². The minimum atomic E-state index is -4.74. The third-order valence-corrected chi connectivity index (χ3v) is 6.36. The van der Waals surface area contributed by atoms with Gasteiger partial charge in [-0.1, -0.05) is 17.4 Å². The fraction of sp³-hybridized carbons (Fsp3) is 0.100. The predicted molar refractivity (Wildman–Crippen MR) is 116 cm³/mol. The lowest BCUT2D eigenvalue weighted by Gasteiger charge is -2.10. The number of carbonyl (C=O) groups excluding carboxylic acids is 1. The van der Waals surface area contributed by atoms with Crippen LogP contribution in [0.2, 0.25) is 0 Å². The van der Waals surface area contributed by atoms with Crippen molar-refractivity contribution >= 4 is 49.6 Å². The fourth-order valence-electron chi connectivity index (χ4n) is 3.13. The maximum Gasteiger partial charge on any atom is 0.433 e. The highest BCUT2D eigenvalue weighted by atomic mass is 32.1. The molecule has 5 aromatic rings. The quantitative estimate of drug-likeness (QED) is 0.296. The first-order valence-corrected chi connectivity index (χ1v) is 11.1. The topological polar surface area (TPSA) is 81.4 Å². The summed E-state index contributed by atoms with van der Waals surface area (Å²) >= 11 is 2.21. The van der Waals surface area contributed by atoms with Crippen molar-refractivity contribution in [3.05, 3.63) is 59.2 Å². The molecule has 0 aliphatic heterocycles. The molecule has 14 heteroatoms. The minimum absolute atomic E-state index is 0.0725. The van der Waals surface area contributed by atoms with Gasteiger partial charge in [-0.25, -0.2) is 14.5 Å². The van der Waals surface area contributed by atoms with Crippen LogP contribution in [0.4, 0.5) is 27.1 Å². The van der Waals surface area contributed by atoms with E-state index in [0.717, 1.165) is 23.5 Å². The van der Waals surface area contributed by atoms with Crippen molar-refractivity contribution in [2.75, 3.05) is 5.32 Å². The van der Waals surface area contributed by atoms with Crippen molar-refractivity contribution in [1.29, 1.82) is 0 Å². The number of alkyl halides is 5. The Balaban J connectivity index is 1.47. The number of aromatic nitrogens is 4. The van der Waals surface area contributed by atoms with Crippen molar-refractivity contribution in [3.8, 4) is 16.3 Å². The molecule has 0 radical (unpaired) electrons. The van der Waals surface area contributed by atoms with Crippen LogP contribution in [-0.4, -0.2) is 32.1 Å². The fourth-order valence-corrected chi connectivity index (χ4v) is 4.71. The first kappa shape index (κ1) is 22.2. The van der Waals surface area contributed by atoms with Crippen LogP contribution < -0.4 is 10.1 Å². The highest BCUT2D eigenvalue weighted by molar-refractivity contribution is 7.22. The van der Waals surface area contributed by atoms with Gasteiger partial charge in [0.05, 0.1) is 20.8 Å². The molecular formula is C20H10F5N5O2S2. The van der Waals surface area contributed by atoms with Gasteiger partial charge in [0.1, 0.15) is 5.75 Å². The molecule has 5 rings (SSSR count). The Hall–Kier alpha value is -3.65.